The molecule has 2 rings (SSSR count). The maximum atomic E-state index is 5.80. The van der Waals surface area contributed by atoms with E-state index in [4.69, 9.17) is 5.73 Å². The van der Waals surface area contributed by atoms with Crippen LogP contribution in [0, 0.1) is 5.41 Å². The van der Waals surface area contributed by atoms with Gasteiger partial charge >= 0.3 is 0 Å². The Bertz CT molecular complexity index is 275. The first-order valence-electron chi connectivity index (χ1n) is 5.64. The SMILES string of the molecule is NCC1(CNCCc2nccs2)CCC1. The van der Waals surface area contributed by atoms with E-state index in [0.717, 1.165) is 26.1 Å². The highest BCUT2D eigenvalue weighted by Gasteiger charge is 2.34. The minimum absolute atomic E-state index is 0.420. The van der Waals surface area contributed by atoms with E-state index in [9.17, 15) is 0 Å². The number of rotatable bonds is 6. The molecule has 4 heteroatoms. The molecule has 0 atom stereocenters. The summed E-state index contributed by atoms with van der Waals surface area (Å²) in [4.78, 5) is 4.26. The summed E-state index contributed by atoms with van der Waals surface area (Å²) in [6.45, 7) is 2.93. The zero-order chi connectivity index (χ0) is 10.6. The van der Waals surface area contributed by atoms with Crippen LogP contribution in [0.5, 0.6) is 0 Å². The van der Waals surface area contributed by atoms with Crippen molar-refractivity contribution in [2.75, 3.05) is 19.6 Å². The van der Waals surface area contributed by atoms with Crippen molar-refractivity contribution >= 4 is 11.3 Å². The quantitative estimate of drug-likeness (QED) is 0.720. The van der Waals surface area contributed by atoms with Gasteiger partial charge in [0.25, 0.3) is 0 Å². The summed E-state index contributed by atoms with van der Waals surface area (Å²) in [6.07, 6.45) is 6.86. The van der Waals surface area contributed by atoms with Crippen LogP contribution in [0.3, 0.4) is 0 Å². The number of aromatic nitrogens is 1. The fourth-order valence-electron chi connectivity index (χ4n) is 2.06. The Morgan fingerprint density at radius 1 is 1.53 bits per heavy atom. The molecule has 1 heterocycles. The highest BCUT2D eigenvalue weighted by Crippen LogP contribution is 2.38. The van der Waals surface area contributed by atoms with E-state index in [0.29, 0.717) is 5.41 Å². The van der Waals surface area contributed by atoms with E-state index in [1.807, 2.05) is 11.6 Å². The summed E-state index contributed by atoms with van der Waals surface area (Å²) in [5.74, 6) is 0. The van der Waals surface area contributed by atoms with Crippen molar-refractivity contribution in [1.29, 1.82) is 0 Å². The fourth-order valence-corrected chi connectivity index (χ4v) is 2.68. The van der Waals surface area contributed by atoms with E-state index < -0.39 is 0 Å². The average Bonchev–Trinajstić information content (AvgIpc) is 2.68. The van der Waals surface area contributed by atoms with Gasteiger partial charge in [-0.1, -0.05) is 6.42 Å². The lowest BCUT2D eigenvalue weighted by Gasteiger charge is -2.41. The highest BCUT2D eigenvalue weighted by molar-refractivity contribution is 7.09. The number of hydrogen-bond donors (Lipinski definition) is 2. The molecule has 1 aliphatic rings. The van der Waals surface area contributed by atoms with Crippen molar-refractivity contribution < 1.29 is 0 Å². The number of thiazole rings is 1. The largest absolute Gasteiger partial charge is 0.330 e. The molecule has 0 amide bonds. The number of hydrogen-bond acceptors (Lipinski definition) is 4. The van der Waals surface area contributed by atoms with Crippen LogP contribution in [0.1, 0.15) is 24.3 Å². The molecule has 0 unspecified atom stereocenters. The second-order valence-electron chi connectivity index (χ2n) is 4.41. The maximum Gasteiger partial charge on any atom is 0.0937 e. The lowest BCUT2D eigenvalue weighted by Crippen LogP contribution is -2.45. The van der Waals surface area contributed by atoms with Crippen molar-refractivity contribution in [1.82, 2.24) is 10.3 Å². The van der Waals surface area contributed by atoms with Crippen LogP contribution in [0.15, 0.2) is 11.6 Å². The number of nitrogens with zero attached hydrogens (tertiary/aromatic N) is 1. The molecule has 15 heavy (non-hydrogen) atoms. The molecule has 0 saturated heterocycles. The molecule has 1 fully saturated rings. The molecule has 1 aromatic rings. The van der Waals surface area contributed by atoms with Gasteiger partial charge in [-0.05, 0) is 24.8 Å². The Labute approximate surface area is 95.1 Å². The maximum absolute atomic E-state index is 5.80. The third-order valence-electron chi connectivity index (χ3n) is 3.35. The Hall–Kier alpha value is -0.450. The van der Waals surface area contributed by atoms with Gasteiger partial charge in [0.15, 0.2) is 0 Å². The zero-order valence-electron chi connectivity index (χ0n) is 9.04. The summed E-state index contributed by atoms with van der Waals surface area (Å²) in [5, 5.41) is 6.75. The predicted molar refractivity (Wildman–Crippen MR) is 64.0 cm³/mol. The first-order valence-corrected chi connectivity index (χ1v) is 6.52. The second kappa shape index (κ2) is 5.05. The van der Waals surface area contributed by atoms with Gasteiger partial charge in [0.05, 0.1) is 5.01 Å². The molecule has 0 aliphatic heterocycles. The molecule has 0 spiro atoms. The molecule has 0 bridgehead atoms. The van der Waals surface area contributed by atoms with Crippen LogP contribution in [0.4, 0.5) is 0 Å². The molecular weight excluding hydrogens is 206 g/mol. The summed E-state index contributed by atoms with van der Waals surface area (Å²) in [6, 6.07) is 0. The Kier molecular flexibility index (Phi) is 3.72. The molecule has 1 aliphatic carbocycles. The first kappa shape index (κ1) is 11.0. The third-order valence-corrected chi connectivity index (χ3v) is 4.19. The van der Waals surface area contributed by atoms with Crippen molar-refractivity contribution in [3.8, 4) is 0 Å². The van der Waals surface area contributed by atoms with E-state index >= 15 is 0 Å². The lowest BCUT2D eigenvalue weighted by atomic mass is 9.69. The summed E-state index contributed by atoms with van der Waals surface area (Å²) >= 11 is 1.73. The first-order chi connectivity index (χ1) is 7.35. The number of nitrogens with two attached hydrogens (primary N) is 1. The van der Waals surface area contributed by atoms with E-state index in [2.05, 4.69) is 10.3 Å². The predicted octanol–water partition coefficient (Wildman–Crippen LogP) is 1.40. The van der Waals surface area contributed by atoms with Crippen molar-refractivity contribution in [2.24, 2.45) is 11.1 Å². The molecule has 0 radical (unpaired) electrons. The minimum atomic E-state index is 0.420. The Balaban J connectivity index is 1.62. The molecule has 3 nitrogen and oxygen atoms in total. The topological polar surface area (TPSA) is 50.9 Å². The van der Waals surface area contributed by atoms with Gasteiger partial charge in [-0.25, -0.2) is 4.98 Å². The highest BCUT2D eigenvalue weighted by atomic mass is 32.1. The average molecular weight is 225 g/mol. The third kappa shape index (κ3) is 2.77. The molecule has 0 aromatic carbocycles. The summed E-state index contributed by atoms with van der Waals surface area (Å²) < 4.78 is 0. The Morgan fingerprint density at radius 2 is 2.40 bits per heavy atom. The molecular formula is C11H19N3S. The van der Waals surface area contributed by atoms with Gasteiger partial charge in [0, 0.05) is 31.1 Å². The molecule has 84 valence electrons. The monoisotopic (exact) mass is 225 g/mol. The normalized spacial score (nSPS) is 18.7. The van der Waals surface area contributed by atoms with Crippen LogP contribution >= 0.6 is 11.3 Å². The fraction of sp³-hybridized carbons (Fsp3) is 0.727. The van der Waals surface area contributed by atoms with Crippen LogP contribution in [-0.4, -0.2) is 24.6 Å². The Morgan fingerprint density at radius 3 is 2.93 bits per heavy atom. The second-order valence-corrected chi connectivity index (χ2v) is 5.39. The van der Waals surface area contributed by atoms with Gasteiger partial charge in [0.1, 0.15) is 0 Å². The number of nitrogens with one attached hydrogen (secondary N) is 1. The van der Waals surface area contributed by atoms with E-state index in [1.54, 1.807) is 11.3 Å². The van der Waals surface area contributed by atoms with Crippen LogP contribution in [0.25, 0.3) is 0 Å². The van der Waals surface area contributed by atoms with Crippen molar-refractivity contribution in [3.05, 3.63) is 16.6 Å². The van der Waals surface area contributed by atoms with Crippen molar-refractivity contribution in [3.63, 3.8) is 0 Å². The minimum Gasteiger partial charge on any atom is -0.330 e. The summed E-state index contributed by atoms with van der Waals surface area (Å²) in [5.41, 5.74) is 6.21. The molecule has 1 saturated carbocycles. The van der Waals surface area contributed by atoms with Gasteiger partial charge in [-0.15, -0.1) is 11.3 Å². The van der Waals surface area contributed by atoms with Crippen LogP contribution in [0.2, 0.25) is 0 Å². The standard InChI is InChI=1S/C11H19N3S/c12-8-11(3-1-4-11)9-13-5-2-10-14-6-7-15-10/h6-7,13H,1-5,8-9,12H2. The zero-order valence-corrected chi connectivity index (χ0v) is 9.85. The van der Waals surface area contributed by atoms with Crippen molar-refractivity contribution in [2.45, 2.75) is 25.7 Å². The smallest absolute Gasteiger partial charge is 0.0937 e. The van der Waals surface area contributed by atoms with Gasteiger partial charge in [-0.3, -0.25) is 0 Å². The lowest BCUT2D eigenvalue weighted by molar-refractivity contribution is 0.141. The van der Waals surface area contributed by atoms with Gasteiger partial charge in [0.2, 0.25) is 0 Å². The van der Waals surface area contributed by atoms with Crippen LogP contribution < -0.4 is 11.1 Å². The van der Waals surface area contributed by atoms with Crippen LogP contribution in [-0.2, 0) is 6.42 Å². The molecule has 3 N–H and O–H groups in total. The molecule has 1 aromatic heterocycles. The van der Waals surface area contributed by atoms with E-state index in [-0.39, 0.29) is 0 Å². The summed E-state index contributed by atoms with van der Waals surface area (Å²) in [7, 11) is 0. The van der Waals surface area contributed by atoms with Gasteiger partial charge in [-0.2, -0.15) is 0 Å². The van der Waals surface area contributed by atoms with E-state index in [1.165, 1.54) is 24.3 Å². The van der Waals surface area contributed by atoms with Gasteiger partial charge < -0.3 is 11.1 Å².